The van der Waals surface area contributed by atoms with Crippen LogP contribution in [0.15, 0.2) is 0 Å². The molecule has 1 atom stereocenters. The van der Waals surface area contributed by atoms with E-state index in [4.69, 9.17) is 4.74 Å². The molecule has 11 heavy (non-hydrogen) atoms. The van der Waals surface area contributed by atoms with Crippen molar-refractivity contribution in [2.45, 2.75) is 0 Å². The normalized spacial score (nSPS) is 27.0. The maximum absolute atomic E-state index is 5.42. The van der Waals surface area contributed by atoms with E-state index in [0.717, 1.165) is 32.8 Å². The lowest BCUT2D eigenvalue weighted by molar-refractivity contribution is 0.113. The fraction of sp³-hybridized carbons (Fsp3) is 1.00. The molecule has 0 bridgehead atoms. The first kappa shape index (κ1) is 8.97. The van der Waals surface area contributed by atoms with E-state index in [1.807, 2.05) is 0 Å². The van der Waals surface area contributed by atoms with Crippen LogP contribution in [0, 0.1) is 5.92 Å². The van der Waals surface area contributed by atoms with Gasteiger partial charge in [-0.15, -0.1) is 0 Å². The lowest BCUT2D eigenvalue weighted by Crippen LogP contribution is -2.31. The van der Waals surface area contributed by atoms with Gasteiger partial charge in [-0.3, -0.25) is 0 Å². The van der Waals surface area contributed by atoms with Crippen molar-refractivity contribution < 1.29 is 4.74 Å². The molecule has 0 radical (unpaired) electrons. The highest BCUT2D eigenvalue weighted by Gasteiger charge is 2.12. The number of hydrogen-bond donors (Lipinski definition) is 1. The standard InChI is InChI=1S/C8H18N2O/c1-10(2)6-8-5-9-3-4-11-7-8/h8-9H,3-7H2,1-2H3/t8-/m1/s1. The van der Waals surface area contributed by atoms with E-state index in [1.165, 1.54) is 0 Å². The first-order valence-corrected chi connectivity index (χ1v) is 4.22. The van der Waals surface area contributed by atoms with Gasteiger partial charge < -0.3 is 15.0 Å². The number of ether oxygens (including phenoxy) is 1. The van der Waals surface area contributed by atoms with E-state index in [0.29, 0.717) is 5.92 Å². The molecule has 0 unspecified atom stereocenters. The van der Waals surface area contributed by atoms with Crippen molar-refractivity contribution in [1.29, 1.82) is 0 Å². The lowest BCUT2D eigenvalue weighted by atomic mass is 10.1. The minimum Gasteiger partial charge on any atom is -0.380 e. The Labute approximate surface area is 68.7 Å². The maximum Gasteiger partial charge on any atom is 0.0591 e. The molecule has 0 aromatic carbocycles. The monoisotopic (exact) mass is 158 g/mol. The number of rotatable bonds is 2. The van der Waals surface area contributed by atoms with E-state index in [1.54, 1.807) is 0 Å². The summed E-state index contributed by atoms with van der Waals surface area (Å²) in [5, 5.41) is 3.35. The van der Waals surface area contributed by atoms with E-state index >= 15 is 0 Å². The molecule has 0 spiro atoms. The second-order valence-corrected chi connectivity index (χ2v) is 3.41. The Bertz CT molecular complexity index is 98.3. The summed E-state index contributed by atoms with van der Waals surface area (Å²) in [4.78, 5) is 2.21. The Morgan fingerprint density at radius 2 is 2.36 bits per heavy atom. The van der Waals surface area contributed by atoms with Crippen molar-refractivity contribution in [3.05, 3.63) is 0 Å². The Morgan fingerprint density at radius 1 is 1.55 bits per heavy atom. The van der Waals surface area contributed by atoms with Gasteiger partial charge in [0, 0.05) is 25.6 Å². The minimum atomic E-state index is 0.660. The molecule has 1 saturated heterocycles. The van der Waals surface area contributed by atoms with Crippen molar-refractivity contribution in [2.24, 2.45) is 5.92 Å². The molecule has 0 aromatic heterocycles. The molecular formula is C8H18N2O. The molecule has 1 aliphatic heterocycles. The third-order valence-electron chi connectivity index (χ3n) is 1.83. The van der Waals surface area contributed by atoms with Crippen LogP contribution in [0.3, 0.4) is 0 Å². The summed E-state index contributed by atoms with van der Waals surface area (Å²) < 4.78 is 5.42. The average molecular weight is 158 g/mol. The average Bonchev–Trinajstić information content (AvgIpc) is 2.14. The second kappa shape index (κ2) is 4.70. The highest BCUT2D eigenvalue weighted by molar-refractivity contribution is 4.67. The third-order valence-corrected chi connectivity index (χ3v) is 1.83. The predicted molar refractivity (Wildman–Crippen MR) is 45.7 cm³/mol. The largest absolute Gasteiger partial charge is 0.380 e. The van der Waals surface area contributed by atoms with Gasteiger partial charge in [0.2, 0.25) is 0 Å². The highest BCUT2D eigenvalue weighted by atomic mass is 16.5. The molecule has 3 heteroatoms. The first-order chi connectivity index (χ1) is 5.29. The topological polar surface area (TPSA) is 24.5 Å². The molecule has 0 amide bonds. The SMILES string of the molecule is CN(C)C[C@H]1CNCCOC1. The van der Waals surface area contributed by atoms with Crippen LogP contribution in [0.5, 0.6) is 0 Å². The Morgan fingerprint density at radius 3 is 3.09 bits per heavy atom. The number of nitrogens with zero attached hydrogens (tertiary/aromatic N) is 1. The second-order valence-electron chi connectivity index (χ2n) is 3.41. The molecule has 1 heterocycles. The fourth-order valence-corrected chi connectivity index (χ4v) is 1.39. The quantitative estimate of drug-likeness (QED) is 0.601. The van der Waals surface area contributed by atoms with Gasteiger partial charge in [0.15, 0.2) is 0 Å². The maximum atomic E-state index is 5.42. The van der Waals surface area contributed by atoms with Crippen LogP contribution in [-0.2, 0) is 4.74 Å². The van der Waals surface area contributed by atoms with Crippen LogP contribution in [0.2, 0.25) is 0 Å². The molecule has 1 N–H and O–H groups in total. The van der Waals surface area contributed by atoms with E-state index in [9.17, 15) is 0 Å². The van der Waals surface area contributed by atoms with Gasteiger partial charge in [-0.2, -0.15) is 0 Å². The van der Waals surface area contributed by atoms with Gasteiger partial charge in [0.1, 0.15) is 0 Å². The van der Waals surface area contributed by atoms with Crippen LogP contribution < -0.4 is 5.32 Å². The lowest BCUT2D eigenvalue weighted by Gasteiger charge is -2.18. The molecule has 0 aromatic rings. The van der Waals surface area contributed by atoms with E-state index in [2.05, 4.69) is 24.3 Å². The van der Waals surface area contributed by atoms with Crippen molar-refractivity contribution in [1.82, 2.24) is 10.2 Å². The zero-order valence-electron chi connectivity index (χ0n) is 7.47. The Kier molecular flexibility index (Phi) is 3.83. The molecule has 3 nitrogen and oxygen atoms in total. The van der Waals surface area contributed by atoms with Gasteiger partial charge >= 0.3 is 0 Å². The van der Waals surface area contributed by atoms with Crippen molar-refractivity contribution in [3.63, 3.8) is 0 Å². The van der Waals surface area contributed by atoms with Crippen LogP contribution in [0.25, 0.3) is 0 Å². The van der Waals surface area contributed by atoms with Crippen molar-refractivity contribution in [2.75, 3.05) is 46.9 Å². The van der Waals surface area contributed by atoms with Gasteiger partial charge in [-0.25, -0.2) is 0 Å². The molecule has 0 aliphatic carbocycles. The van der Waals surface area contributed by atoms with Crippen molar-refractivity contribution >= 4 is 0 Å². The Hall–Kier alpha value is -0.120. The van der Waals surface area contributed by atoms with Crippen LogP contribution in [0.4, 0.5) is 0 Å². The number of hydrogen-bond acceptors (Lipinski definition) is 3. The summed E-state index contributed by atoms with van der Waals surface area (Å²) in [6, 6.07) is 0. The first-order valence-electron chi connectivity index (χ1n) is 4.22. The molecular weight excluding hydrogens is 140 g/mol. The predicted octanol–water partition coefficient (Wildman–Crippen LogP) is -0.216. The zero-order valence-corrected chi connectivity index (χ0v) is 7.47. The van der Waals surface area contributed by atoms with Crippen LogP contribution in [0.1, 0.15) is 0 Å². The summed E-state index contributed by atoms with van der Waals surface area (Å²) in [5.41, 5.74) is 0. The van der Waals surface area contributed by atoms with Crippen LogP contribution >= 0.6 is 0 Å². The van der Waals surface area contributed by atoms with Gasteiger partial charge in [0.05, 0.1) is 13.2 Å². The summed E-state index contributed by atoms with van der Waals surface area (Å²) in [7, 11) is 4.20. The summed E-state index contributed by atoms with van der Waals surface area (Å²) in [5.74, 6) is 0.660. The third kappa shape index (κ3) is 3.70. The fourth-order valence-electron chi connectivity index (χ4n) is 1.39. The van der Waals surface area contributed by atoms with Gasteiger partial charge in [-0.05, 0) is 14.1 Å². The van der Waals surface area contributed by atoms with E-state index < -0.39 is 0 Å². The summed E-state index contributed by atoms with van der Waals surface area (Å²) in [6.45, 7) is 4.99. The van der Waals surface area contributed by atoms with Gasteiger partial charge in [0.25, 0.3) is 0 Å². The van der Waals surface area contributed by atoms with Crippen LogP contribution in [-0.4, -0.2) is 51.8 Å². The van der Waals surface area contributed by atoms with Gasteiger partial charge in [-0.1, -0.05) is 0 Å². The molecule has 1 aliphatic rings. The molecule has 1 rings (SSSR count). The molecule has 66 valence electrons. The minimum absolute atomic E-state index is 0.660. The van der Waals surface area contributed by atoms with Crippen molar-refractivity contribution in [3.8, 4) is 0 Å². The molecule has 1 fully saturated rings. The van der Waals surface area contributed by atoms with E-state index in [-0.39, 0.29) is 0 Å². The highest BCUT2D eigenvalue weighted by Crippen LogP contribution is 2.00. The Balaban J connectivity index is 2.20. The molecule has 0 saturated carbocycles. The summed E-state index contributed by atoms with van der Waals surface area (Å²) in [6.07, 6.45) is 0. The number of nitrogens with one attached hydrogen (secondary N) is 1. The zero-order chi connectivity index (χ0) is 8.10. The smallest absolute Gasteiger partial charge is 0.0591 e. The summed E-state index contributed by atoms with van der Waals surface area (Å²) >= 11 is 0.